The highest BCUT2D eigenvalue weighted by molar-refractivity contribution is 8.00. The van der Waals surface area contributed by atoms with E-state index in [1.165, 1.54) is 11.8 Å². The van der Waals surface area contributed by atoms with Gasteiger partial charge in [0.05, 0.1) is 10.3 Å². The summed E-state index contributed by atoms with van der Waals surface area (Å²) in [5.74, 6) is 0.417. The number of nitrogens with one attached hydrogen (secondary N) is 1. The first-order valence-corrected chi connectivity index (χ1v) is 6.98. The Kier molecular flexibility index (Phi) is 2.93. The van der Waals surface area contributed by atoms with Crippen molar-refractivity contribution < 1.29 is 4.79 Å². The second-order valence-electron chi connectivity index (χ2n) is 4.54. The number of ketones is 1. The number of aromatic amines is 1. The smallest absolute Gasteiger partial charge is 0.146 e. The van der Waals surface area contributed by atoms with Crippen LogP contribution in [-0.2, 0) is 4.79 Å². The summed E-state index contributed by atoms with van der Waals surface area (Å²) in [6.07, 6.45) is 4.04. The van der Waals surface area contributed by atoms with Crippen LogP contribution in [0.1, 0.15) is 25.7 Å². The molecule has 88 valence electrons. The number of aromatic nitrogens is 1. The number of para-hydroxylation sites is 1. The molecule has 0 amide bonds. The van der Waals surface area contributed by atoms with Gasteiger partial charge in [0.2, 0.25) is 0 Å². The largest absolute Gasteiger partial charge is 0.350 e. The summed E-state index contributed by atoms with van der Waals surface area (Å²) in [6.45, 7) is 0. The molecule has 1 atom stereocenters. The van der Waals surface area contributed by atoms with Crippen molar-refractivity contribution in [2.75, 3.05) is 0 Å². The Bertz CT molecular complexity index is 513. The van der Waals surface area contributed by atoms with E-state index in [0.717, 1.165) is 29.8 Å². The number of Topliss-reactive ketones (excluding diaryl/α,β-unsaturated/α-hetero) is 1. The van der Waals surface area contributed by atoms with E-state index in [2.05, 4.69) is 23.2 Å². The fourth-order valence-corrected chi connectivity index (χ4v) is 3.54. The average molecular weight is 245 g/mol. The predicted molar refractivity (Wildman–Crippen MR) is 71.4 cm³/mol. The molecule has 0 aliphatic heterocycles. The molecule has 2 aromatic rings. The van der Waals surface area contributed by atoms with E-state index in [9.17, 15) is 4.79 Å². The summed E-state index contributed by atoms with van der Waals surface area (Å²) in [7, 11) is 0. The van der Waals surface area contributed by atoms with Crippen molar-refractivity contribution >= 4 is 28.4 Å². The molecule has 0 spiro atoms. The minimum absolute atomic E-state index is 0.164. The molecular formula is C14H15NOS. The molecule has 0 bridgehead atoms. The second-order valence-corrected chi connectivity index (χ2v) is 5.78. The maximum absolute atomic E-state index is 11.8. The number of benzene rings is 1. The zero-order valence-electron chi connectivity index (χ0n) is 9.61. The van der Waals surface area contributed by atoms with Crippen LogP contribution in [0.3, 0.4) is 0 Å². The molecule has 1 aliphatic carbocycles. The number of hydrogen-bond donors (Lipinski definition) is 1. The molecule has 17 heavy (non-hydrogen) atoms. The van der Waals surface area contributed by atoms with E-state index >= 15 is 0 Å². The summed E-state index contributed by atoms with van der Waals surface area (Å²) in [4.78, 5) is 15.2. The number of carbonyl (C=O) groups is 1. The molecule has 1 heterocycles. The first-order chi connectivity index (χ1) is 8.33. The molecule has 2 nitrogen and oxygen atoms in total. The van der Waals surface area contributed by atoms with E-state index in [0.29, 0.717) is 5.78 Å². The molecule has 1 N–H and O–H groups in total. The van der Waals surface area contributed by atoms with Gasteiger partial charge >= 0.3 is 0 Å². The SMILES string of the molecule is O=C1CCCCC1Sc1cc2ccccc2[nH]1. The molecule has 1 fully saturated rings. The number of rotatable bonds is 2. The Hall–Kier alpha value is -1.22. The standard InChI is InChI=1S/C14H15NOS/c16-12-7-3-4-8-13(12)17-14-9-10-5-1-2-6-11(10)15-14/h1-2,5-6,9,13,15H,3-4,7-8H2. The zero-order chi connectivity index (χ0) is 11.7. The van der Waals surface area contributed by atoms with Gasteiger partial charge in [-0.1, -0.05) is 36.4 Å². The molecule has 1 unspecified atom stereocenters. The third-order valence-corrected chi connectivity index (χ3v) is 4.53. The first kappa shape index (κ1) is 10.9. The van der Waals surface area contributed by atoms with Crippen LogP contribution in [0.2, 0.25) is 0 Å². The zero-order valence-corrected chi connectivity index (χ0v) is 10.4. The summed E-state index contributed by atoms with van der Waals surface area (Å²) < 4.78 is 0. The Balaban J connectivity index is 1.82. The fourth-order valence-electron chi connectivity index (χ4n) is 2.34. The van der Waals surface area contributed by atoms with E-state index in [4.69, 9.17) is 0 Å². The molecular weight excluding hydrogens is 230 g/mol. The maximum atomic E-state index is 11.8. The van der Waals surface area contributed by atoms with Crippen molar-refractivity contribution in [2.45, 2.75) is 36.0 Å². The number of fused-ring (bicyclic) bond motifs is 1. The second kappa shape index (κ2) is 4.57. The molecule has 1 saturated carbocycles. The van der Waals surface area contributed by atoms with Crippen LogP contribution in [-0.4, -0.2) is 16.0 Å². The molecule has 0 saturated heterocycles. The van der Waals surface area contributed by atoms with Crippen LogP contribution < -0.4 is 0 Å². The van der Waals surface area contributed by atoms with E-state index in [1.807, 2.05) is 12.1 Å². The lowest BCUT2D eigenvalue weighted by Gasteiger charge is -2.18. The number of H-pyrrole nitrogens is 1. The average Bonchev–Trinajstić information content (AvgIpc) is 2.74. The van der Waals surface area contributed by atoms with Crippen LogP contribution in [0.25, 0.3) is 10.9 Å². The van der Waals surface area contributed by atoms with Crippen molar-refractivity contribution in [2.24, 2.45) is 0 Å². The molecule has 1 aromatic heterocycles. The normalized spacial score (nSPS) is 20.9. The van der Waals surface area contributed by atoms with Crippen molar-refractivity contribution in [1.29, 1.82) is 0 Å². The quantitative estimate of drug-likeness (QED) is 0.873. The van der Waals surface area contributed by atoms with Gasteiger partial charge in [-0.3, -0.25) is 4.79 Å². The van der Waals surface area contributed by atoms with Gasteiger partial charge in [0.1, 0.15) is 5.78 Å². The number of carbonyl (C=O) groups excluding carboxylic acids is 1. The third kappa shape index (κ3) is 2.25. The Morgan fingerprint density at radius 2 is 2.12 bits per heavy atom. The van der Waals surface area contributed by atoms with Crippen LogP contribution in [0, 0.1) is 0 Å². The first-order valence-electron chi connectivity index (χ1n) is 6.10. The summed E-state index contributed by atoms with van der Waals surface area (Å²) in [5.41, 5.74) is 1.15. The maximum Gasteiger partial charge on any atom is 0.146 e. The highest BCUT2D eigenvalue weighted by atomic mass is 32.2. The predicted octanol–water partition coefficient (Wildman–Crippen LogP) is 3.77. The van der Waals surface area contributed by atoms with Gasteiger partial charge < -0.3 is 4.98 Å². The van der Waals surface area contributed by atoms with Crippen molar-refractivity contribution in [1.82, 2.24) is 4.98 Å². The van der Waals surface area contributed by atoms with Crippen molar-refractivity contribution in [3.05, 3.63) is 30.3 Å². The van der Waals surface area contributed by atoms with Crippen LogP contribution in [0.5, 0.6) is 0 Å². The van der Waals surface area contributed by atoms with E-state index in [1.54, 1.807) is 11.8 Å². The topological polar surface area (TPSA) is 32.9 Å². The lowest BCUT2D eigenvalue weighted by atomic mass is 9.99. The van der Waals surface area contributed by atoms with Gasteiger partial charge in [-0.2, -0.15) is 0 Å². The summed E-state index contributed by atoms with van der Waals surface area (Å²) in [5, 5.41) is 2.50. The van der Waals surface area contributed by atoms with Crippen LogP contribution >= 0.6 is 11.8 Å². The molecule has 3 rings (SSSR count). The van der Waals surface area contributed by atoms with Crippen LogP contribution in [0.15, 0.2) is 35.4 Å². The molecule has 1 aromatic carbocycles. The van der Waals surface area contributed by atoms with E-state index in [-0.39, 0.29) is 5.25 Å². The number of thioether (sulfide) groups is 1. The molecule has 1 aliphatic rings. The highest BCUT2D eigenvalue weighted by Gasteiger charge is 2.23. The van der Waals surface area contributed by atoms with Crippen LogP contribution in [0.4, 0.5) is 0 Å². The lowest BCUT2D eigenvalue weighted by Crippen LogP contribution is -2.21. The van der Waals surface area contributed by atoms with Gasteiger partial charge in [0, 0.05) is 17.3 Å². The van der Waals surface area contributed by atoms with Gasteiger partial charge in [-0.25, -0.2) is 0 Å². The monoisotopic (exact) mass is 245 g/mol. The molecule has 0 radical (unpaired) electrons. The summed E-state index contributed by atoms with van der Waals surface area (Å²) in [6, 6.07) is 10.4. The van der Waals surface area contributed by atoms with Crippen molar-refractivity contribution in [3.63, 3.8) is 0 Å². The third-order valence-electron chi connectivity index (χ3n) is 3.27. The summed E-state index contributed by atoms with van der Waals surface area (Å²) >= 11 is 1.69. The van der Waals surface area contributed by atoms with Gasteiger partial charge in [-0.05, 0) is 25.0 Å². The minimum Gasteiger partial charge on any atom is -0.350 e. The Labute approximate surface area is 105 Å². The van der Waals surface area contributed by atoms with Crippen molar-refractivity contribution in [3.8, 4) is 0 Å². The van der Waals surface area contributed by atoms with Gasteiger partial charge in [0.15, 0.2) is 0 Å². The van der Waals surface area contributed by atoms with E-state index < -0.39 is 0 Å². The molecule has 3 heteroatoms. The Morgan fingerprint density at radius 1 is 1.24 bits per heavy atom. The fraction of sp³-hybridized carbons (Fsp3) is 0.357. The van der Waals surface area contributed by atoms with Gasteiger partial charge in [0.25, 0.3) is 0 Å². The minimum atomic E-state index is 0.164. The number of hydrogen-bond acceptors (Lipinski definition) is 2. The lowest BCUT2D eigenvalue weighted by molar-refractivity contribution is -0.119. The van der Waals surface area contributed by atoms with Gasteiger partial charge in [-0.15, -0.1) is 0 Å². The highest BCUT2D eigenvalue weighted by Crippen LogP contribution is 2.32. The Morgan fingerprint density at radius 3 is 2.94 bits per heavy atom.